The van der Waals surface area contributed by atoms with Crippen molar-refractivity contribution in [3.63, 3.8) is 0 Å². The lowest BCUT2D eigenvalue weighted by Crippen LogP contribution is -2.45. The molecule has 132 valence electrons. The number of halogens is 2. The van der Waals surface area contributed by atoms with Gasteiger partial charge in [0.15, 0.2) is 5.96 Å². The fourth-order valence-corrected chi connectivity index (χ4v) is 3.24. The summed E-state index contributed by atoms with van der Waals surface area (Å²) in [7, 11) is 1.70. The Bertz CT molecular complexity index is 600. The van der Waals surface area contributed by atoms with Gasteiger partial charge < -0.3 is 15.5 Å². The van der Waals surface area contributed by atoms with Gasteiger partial charge >= 0.3 is 0 Å². The van der Waals surface area contributed by atoms with Crippen LogP contribution in [-0.4, -0.2) is 42.9 Å². The van der Waals surface area contributed by atoms with Crippen molar-refractivity contribution in [3.05, 3.63) is 34.1 Å². The van der Waals surface area contributed by atoms with Crippen LogP contribution in [-0.2, 0) is 11.3 Å². The largest absolute Gasteiger partial charge is 0.352 e. The molecule has 0 radical (unpaired) electrons. The van der Waals surface area contributed by atoms with Gasteiger partial charge in [-0.3, -0.25) is 9.79 Å². The molecule has 2 N–H and O–H groups in total. The van der Waals surface area contributed by atoms with E-state index in [0.717, 1.165) is 18.5 Å². The number of rotatable bonds is 4. The SMILES string of the molecule is CN=C(NCc1cc(F)cc(Br)c1)NC1CCN(C(=O)C(C)C)C1. The number of aliphatic imine (C=N–C) groups is 1. The van der Waals surface area contributed by atoms with E-state index in [4.69, 9.17) is 0 Å². The van der Waals surface area contributed by atoms with Crippen LogP contribution in [0.25, 0.3) is 0 Å². The summed E-state index contributed by atoms with van der Waals surface area (Å²) in [5.74, 6) is 0.585. The number of hydrogen-bond acceptors (Lipinski definition) is 2. The van der Waals surface area contributed by atoms with Crippen molar-refractivity contribution in [2.24, 2.45) is 10.9 Å². The molecule has 1 amide bonds. The van der Waals surface area contributed by atoms with Gasteiger partial charge in [-0.1, -0.05) is 29.8 Å². The van der Waals surface area contributed by atoms with Gasteiger partial charge in [0.2, 0.25) is 5.91 Å². The van der Waals surface area contributed by atoms with Crippen molar-refractivity contribution >= 4 is 27.8 Å². The third-order valence-corrected chi connectivity index (χ3v) is 4.40. The van der Waals surface area contributed by atoms with E-state index in [1.165, 1.54) is 12.1 Å². The maximum Gasteiger partial charge on any atom is 0.225 e. The third-order valence-electron chi connectivity index (χ3n) is 3.94. The highest BCUT2D eigenvalue weighted by Crippen LogP contribution is 2.15. The van der Waals surface area contributed by atoms with E-state index in [9.17, 15) is 9.18 Å². The average Bonchev–Trinajstić information content (AvgIpc) is 2.98. The van der Waals surface area contributed by atoms with Gasteiger partial charge in [-0.15, -0.1) is 0 Å². The average molecular weight is 399 g/mol. The molecule has 0 aromatic heterocycles. The van der Waals surface area contributed by atoms with E-state index in [0.29, 0.717) is 23.5 Å². The molecule has 1 aromatic rings. The van der Waals surface area contributed by atoms with Gasteiger partial charge in [-0.05, 0) is 30.2 Å². The monoisotopic (exact) mass is 398 g/mol. The van der Waals surface area contributed by atoms with Crippen LogP contribution < -0.4 is 10.6 Å². The first kappa shape index (κ1) is 18.7. The summed E-state index contributed by atoms with van der Waals surface area (Å²) in [6, 6.07) is 4.96. The van der Waals surface area contributed by atoms with Crippen LogP contribution in [0.1, 0.15) is 25.8 Å². The lowest BCUT2D eigenvalue weighted by Gasteiger charge is -2.20. The minimum absolute atomic E-state index is 0.0209. The van der Waals surface area contributed by atoms with Crippen LogP contribution in [0.5, 0.6) is 0 Å². The van der Waals surface area contributed by atoms with Crippen molar-refractivity contribution in [3.8, 4) is 0 Å². The van der Waals surface area contributed by atoms with Crippen molar-refractivity contribution in [1.29, 1.82) is 0 Å². The smallest absolute Gasteiger partial charge is 0.225 e. The summed E-state index contributed by atoms with van der Waals surface area (Å²) in [6.07, 6.45) is 0.894. The Kier molecular flexibility index (Phi) is 6.60. The van der Waals surface area contributed by atoms with Crippen LogP contribution in [0.4, 0.5) is 4.39 Å². The summed E-state index contributed by atoms with van der Waals surface area (Å²) < 4.78 is 14.1. The summed E-state index contributed by atoms with van der Waals surface area (Å²) in [5, 5.41) is 6.51. The fraction of sp³-hybridized carbons (Fsp3) is 0.529. The molecule has 1 atom stereocenters. The molecular formula is C17H24BrFN4O. The van der Waals surface area contributed by atoms with E-state index in [-0.39, 0.29) is 23.7 Å². The predicted molar refractivity (Wildman–Crippen MR) is 97.3 cm³/mol. The van der Waals surface area contributed by atoms with E-state index in [1.807, 2.05) is 24.8 Å². The number of nitrogens with one attached hydrogen (secondary N) is 2. The number of nitrogens with zero attached hydrogens (tertiary/aromatic N) is 2. The van der Waals surface area contributed by atoms with Crippen LogP contribution in [0.2, 0.25) is 0 Å². The maximum atomic E-state index is 13.4. The molecule has 1 aliphatic heterocycles. The molecule has 0 saturated carbocycles. The molecule has 1 unspecified atom stereocenters. The van der Waals surface area contributed by atoms with Crippen LogP contribution in [0, 0.1) is 11.7 Å². The Hall–Kier alpha value is -1.63. The molecule has 1 saturated heterocycles. The normalized spacial score (nSPS) is 18.2. The van der Waals surface area contributed by atoms with Crippen LogP contribution in [0.3, 0.4) is 0 Å². The zero-order chi connectivity index (χ0) is 17.7. The Morgan fingerprint density at radius 3 is 2.83 bits per heavy atom. The van der Waals surface area contributed by atoms with Gasteiger partial charge in [0.25, 0.3) is 0 Å². The molecule has 5 nitrogen and oxygen atoms in total. The molecule has 1 aromatic carbocycles. The van der Waals surface area contributed by atoms with Crippen LogP contribution in [0.15, 0.2) is 27.7 Å². The standard InChI is InChI=1S/C17H24BrFN4O/c1-11(2)16(24)23-5-4-15(10-23)22-17(20-3)21-9-12-6-13(18)8-14(19)7-12/h6-8,11,15H,4-5,9-10H2,1-3H3,(H2,20,21,22). The van der Waals surface area contributed by atoms with E-state index in [1.54, 1.807) is 7.05 Å². The molecular weight excluding hydrogens is 375 g/mol. The molecule has 7 heteroatoms. The van der Waals surface area contributed by atoms with Gasteiger partial charge in [0.05, 0.1) is 0 Å². The van der Waals surface area contributed by atoms with Crippen molar-refractivity contribution in [2.75, 3.05) is 20.1 Å². The predicted octanol–water partition coefficient (Wildman–Crippen LogP) is 2.51. The fourth-order valence-electron chi connectivity index (χ4n) is 2.73. The lowest BCUT2D eigenvalue weighted by molar-refractivity contribution is -0.133. The molecule has 2 rings (SSSR count). The second-order valence-electron chi connectivity index (χ2n) is 6.27. The first-order valence-corrected chi connectivity index (χ1v) is 8.89. The van der Waals surface area contributed by atoms with E-state index in [2.05, 4.69) is 31.6 Å². The summed E-state index contributed by atoms with van der Waals surface area (Å²) >= 11 is 3.29. The lowest BCUT2D eigenvalue weighted by atomic mass is 10.2. The van der Waals surface area contributed by atoms with Crippen molar-refractivity contribution in [2.45, 2.75) is 32.9 Å². The minimum atomic E-state index is -0.275. The number of benzene rings is 1. The van der Waals surface area contributed by atoms with Gasteiger partial charge in [0, 0.05) is 43.1 Å². The maximum absolute atomic E-state index is 13.4. The van der Waals surface area contributed by atoms with Crippen molar-refractivity contribution < 1.29 is 9.18 Å². The Balaban J connectivity index is 1.86. The van der Waals surface area contributed by atoms with Crippen LogP contribution >= 0.6 is 15.9 Å². The second-order valence-corrected chi connectivity index (χ2v) is 7.19. The Labute approximate surface area is 150 Å². The number of carbonyl (C=O) groups excluding carboxylic acids is 1. The molecule has 1 heterocycles. The number of hydrogen-bond donors (Lipinski definition) is 2. The number of amides is 1. The first-order valence-electron chi connectivity index (χ1n) is 8.10. The van der Waals surface area contributed by atoms with Gasteiger partial charge in [-0.2, -0.15) is 0 Å². The third kappa shape index (κ3) is 5.19. The Morgan fingerprint density at radius 2 is 2.21 bits per heavy atom. The molecule has 1 fully saturated rings. The van der Waals surface area contributed by atoms with Gasteiger partial charge in [-0.25, -0.2) is 4.39 Å². The second kappa shape index (κ2) is 8.46. The quantitative estimate of drug-likeness (QED) is 0.605. The zero-order valence-electron chi connectivity index (χ0n) is 14.3. The van der Waals surface area contributed by atoms with E-state index >= 15 is 0 Å². The summed E-state index contributed by atoms with van der Waals surface area (Å²) in [6.45, 7) is 5.75. The summed E-state index contributed by atoms with van der Waals surface area (Å²) in [4.78, 5) is 18.1. The zero-order valence-corrected chi connectivity index (χ0v) is 15.9. The highest BCUT2D eigenvalue weighted by atomic mass is 79.9. The summed E-state index contributed by atoms with van der Waals surface area (Å²) in [5.41, 5.74) is 0.827. The topological polar surface area (TPSA) is 56.7 Å². The van der Waals surface area contributed by atoms with E-state index < -0.39 is 0 Å². The highest BCUT2D eigenvalue weighted by Gasteiger charge is 2.27. The molecule has 1 aliphatic rings. The number of carbonyl (C=O) groups is 1. The molecule has 0 spiro atoms. The highest BCUT2D eigenvalue weighted by molar-refractivity contribution is 9.10. The number of guanidine groups is 1. The number of likely N-dealkylation sites (tertiary alicyclic amines) is 1. The van der Waals surface area contributed by atoms with Crippen molar-refractivity contribution in [1.82, 2.24) is 15.5 Å². The molecule has 24 heavy (non-hydrogen) atoms. The molecule has 0 aliphatic carbocycles. The minimum Gasteiger partial charge on any atom is -0.352 e. The van der Waals surface area contributed by atoms with Gasteiger partial charge in [0.1, 0.15) is 5.82 Å². The Morgan fingerprint density at radius 1 is 1.46 bits per heavy atom. The molecule has 0 bridgehead atoms. The first-order chi connectivity index (χ1) is 11.4.